The van der Waals surface area contributed by atoms with E-state index in [2.05, 4.69) is 5.32 Å². The highest BCUT2D eigenvalue weighted by Crippen LogP contribution is 2.47. The van der Waals surface area contributed by atoms with Crippen molar-refractivity contribution < 1.29 is 14.3 Å². The van der Waals surface area contributed by atoms with Gasteiger partial charge in [0.1, 0.15) is 11.5 Å². The third-order valence-electron chi connectivity index (χ3n) is 4.75. The molecule has 0 spiro atoms. The van der Waals surface area contributed by atoms with E-state index in [0.717, 1.165) is 42.0 Å². The molecule has 0 bridgehead atoms. The number of benzene rings is 2. The molecule has 0 atom stereocenters. The van der Waals surface area contributed by atoms with E-state index >= 15 is 0 Å². The van der Waals surface area contributed by atoms with Crippen LogP contribution in [0, 0.1) is 0 Å². The Balaban J connectivity index is 1.79. The lowest BCUT2D eigenvalue weighted by molar-refractivity contribution is -0.124. The minimum absolute atomic E-state index is 0.0285. The number of ether oxygens (including phenoxy) is 2. The Bertz CT molecular complexity index is 733. The molecule has 2 aromatic rings. The van der Waals surface area contributed by atoms with Crippen molar-refractivity contribution in [3.63, 3.8) is 0 Å². The van der Waals surface area contributed by atoms with Crippen LogP contribution in [0.4, 0.5) is 5.69 Å². The van der Waals surface area contributed by atoms with Gasteiger partial charge in [-0.05, 0) is 57.0 Å². The number of methoxy groups -OCH3 is 1. The Morgan fingerprint density at radius 3 is 2.32 bits per heavy atom. The molecule has 3 rings (SSSR count). The van der Waals surface area contributed by atoms with Gasteiger partial charge in [0.2, 0.25) is 5.91 Å². The van der Waals surface area contributed by atoms with Gasteiger partial charge >= 0.3 is 0 Å². The molecule has 0 heterocycles. The zero-order chi connectivity index (χ0) is 17.9. The number of carbonyl (C=O) groups excluding carboxylic acids is 1. The van der Waals surface area contributed by atoms with Crippen LogP contribution in [-0.2, 0) is 10.2 Å². The van der Waals surface area contributed by atoms with E-state index in [9.17, 15) is 4.79 Å². The maximum absolute atomic E-state index is 13.1. The molecule has 0 unspecified atom stereocenters. The molecule has 1 aliphatic carbocycles. The summed E-state index contributed by atoms with van der Waals surface area (Å²) in [6, 6.07) is 15.3. The molecule has 0 radical (unpaired) electrons. The summed E-state index contributed by atoms with van der Waals surface area (Å²) in [5, 5.41) is 3.06. The number of rotatable bonds is 6. The molecular weight excluding hydrogens is 314 g/mol. The molecule has 1 amide bonds. The Hall–Kier alpha value is -2.49. The Morgan fingerprint density at radius 1 is 1.08 bits per heavy atom. The van der Waals surface area contributed by atoms with Crippen LogP contribution < -0.4 is 14.8 Å². The Labute approximate surface area is 149 Å². The van der Waals surface area contributed by atoms with Crippen LogP contribution in [-0.4, -0.2) is 19.1 Å². The van der Waals surface area contributed by atoms with E-state index in [0.29, 0.717) is 0 Å². The van der Waals surface area contributed by atoms with Crippen molar-refractivity contribution >= 4 is 11.6 Å². The van der Waals surface area contributed by atoms with E-state index < -0.39 is 5.41 Å². The van der Waals surface area contributed by atoms with E-state index in [4.69, 9.17) is 9.47 Å². The Morgan fingerprint density at radius 2 is 1.76 bits per heavy atom. The molecule has 25 heavy (non-hydrogen) atoms. The maximum atomic E-state index is 13.1. The minimum Gasteiger partial charge on any atom is -0.496 e. The lowest BCUT2D eigenvalue weighted by Crippen LogP contribution is -2.46. The fraction of sp³-hybridized carbons (Fsp3) is 0.381. The lowest BCUT2D eigenvalue weighted by Gasteiger charge is -2.41. The number of hydrogen-bond donors (Lipinski definition) is 1. The molecule has 4 heteroatoms. The first-order chi connectivity index (χ1) is 12.0. The second-order valence-corrected chi connectivity index (χ2v) is 6.78. The predicted octanol–water partition coefficient (Wildman–Crippen LogP) is 4.54. The van der Waals surface area contributed by atoms with Crippen LogP contribution in [0.25, 0.3) is 0 Å². The number of anilines is 1. The van der Waals surface area contributed by atoms with Crippen LogP contribution in [0.2, 0.25) is 0 Å². The van der Waals surface area contributed by atoms with E-state index in [-0.39, 0.29) is 12.0 Å². The van der Waals surface area contributed by atoms with Crippen molar-refractivity contribution in [2.75, 3.05) is 12.4 Å². The second-order valence-electron chi connectivity index (χ2n) is 6.78. The van der Waals surface area contributed by atoms with Crippen LogP contribution in [0.3, 0.4) is 0 Å². The fourth-order valence-corrected chi connectivity index (χ4v) is 3.33. The smallest absolute Gasteiger partial charge is 0.235 e. The van der Waals surface area contributed by atoms with E-state index in [1.165, 1.54) is 0 Å². The van der Waals surface area contributed by atoms with Crippen LogP contribution >= 0.6 is 0 Å². The SMILES string of the molecule is COc1ccccc1C1(C(=O)Nc2ccc(OC(C)C)cc2)CCC1. The Kier molecular flexibility index (Phi) is 4.98. The molecule has 132 valence electrons. The van der Waals surface area contributed by atoms with Gasteiger partial charge in [-0.1, -0.05) is 24.6 Å². The first-order valence-electron chi connectivity index (χ1n) is 8.77. The van der Waals surface area contributed by atoms with Gasteiger partial charge in [0.15, 0.2) is 0 Å². The number of amides is 1. The van der Waals surface area contributed by atoms with Crippen molar-refractivity contribution in [3.05, 3.63) is 54.1 Å². The summed E-state index contributed by atoms with van der Waals surface area (Å²) in [5.41, 5.74) is 1.25. The van der Waals surface area contributed by atoms with Gasteiger partial charge in [-0.15, -0.1) is 0 Å². The van der Waals surface area contributed by atoms with Gasteiger partial charge in [0.25, 0.3) is 0 Å². The highest BCUT2D eigenvalue weighted by molar-refractivity contribution is 6.00. The molecular formula is C21H25NO3. The topological polar surface area (TPSA) is 47.6 Å². The largest absolute Gasteiger partial charge is 0.496 e. The highest BCUT2D eigenvalue weighted by Gasteiger charge is 2.47. The second kappa shape index (κ2) is 7.18. The quantitative estimate of drug-likeness (QED) is 0.840. The van der Waals surface area contributed by atoms with Gasteiger partial charge in [-0.2, -0.15) is 0 Å². The molecule has 0 saturated heterocycles. The summed E-state index contributed by atoms with van der Waals surface area (Å²) < 4.78 is 11.1. The summed E-state index contributed by atoms with van der Waals surface area (Å²) >= 11 is 0. The zero-order valence-corrected chi connectivity index (χ0v) is 15.0. The standard InChI is InChI=1S/C21H25NO3/c1-15(2)25-17-11-9-16(10-12-17)22-20(23)21(13-6-14-21)18-7-4-5-8-19(18)24-3/h4-5,7-12,15H,6,13-14H2,1-3H3,(H,22,23). The summed E-state index contributed by atoms with van der Waals surface area (Å²) in [4.78, 5) is 13.1. The van der Waals surface area contributed by atoms with Crippen molar-refractivity contribution in [1.29, 1.82) is 0 Å². The summed E-state index contributed by atoms with van der Waals surface area (Å²) in [7, 11) is 1.65. The van der Waals surface area contributed by atoms with Crippen molar-refractivity contribution in [2.45, 2.75) is 44.6 Å². The summed E-state index contributed by atoms with van der Waals surface area (Å²) in [6.45, 7) is 3.98. The molecule has 1 fully saturated rings. The van der Waals surface area contributed by atoms with Crippen molar-refractivity contribution in [1.82, 2.24) is 0 Å². The third-order valence-corrected chi connectivity index (χ3v) is 4.75. The molecule has 0 aliphatic heterocycles. The first-order valence-corrected chi connectivity index (χ1v) is 8.77. The number of carbonyl (C=O) groups is 1. The van der Waals surface area contributed by atoms with Crippen molar-refractivity contribution in [3.8, 4) is 11.5 Å². The molecule has 1 saturated carbocycles. The number of para-hydroxylation sites is 1. The van der Waals surface area contributed by atoms with Crippen molar-refractivity contribution in [2.24, 2.45) is 0 Å². The summed E-state index contributed by atoms with van der Waals surface area (Å²) in [6.07, 6.45) is 2.86. The van der Waals surface area contributed by atoms with Gasteiger partial charge < -0.3 is 14.8 Å². The zero-order valence-electron chi connectivity index (χ0n) is 15.0. The van der Waals surface area contributed by atoms with Gasteiger partial charge in [0.05, 0.1) is 18.6 Å². The number of hydrogen-bond acceptors (Lipinski definition) is 3. The normalized spacial score (nSPS) is 15.4. The number of nitrogens with one attached hydrogen (secondary N) is 1. The van der Waals surface area contributed by atoms with Gasteiger partial charge in [0, 0.05) is 11.3 Å². The predicted molar refractivity (Wildman–Crippen MR) is 99.4 cm³/mol. The average Bonchev–Trinajstić information content (AvgIpc) is 2.56. The van der Waals surface area contributed by atoms with Gasteiger partial charge in [-0.3, -0.25) is 4.79 Å². The molecule has 2 aromatic carbocycles. The van der Waals surface area contributed by atoms with Crippen LogP contribution in [0.5, 0.6) is 11.5 Å². The first kappa shape index (κ1) is 17.3. The molecule has 4 nitrogen and oxygen atoms in total. The van der Waals surface area contributed by atoms with E-state index in [1.54, 1.807) is 7.11 Å². The maximum Gasteiger partial charge on any atom is 0.235 e. The highest BCUT2D eigenvalue weighted by atomic mass is 16.5. The third kappa shape index (κ3) is 3.48. The minimum atomic E-state index is -0.500. The van der Waals surface area contributed by atoms with E-state index in [1.807, 2.05) is 62.4 Å². The molecule has 0 aromatic heterocycles. The fourth-order valence-electron chi connectivity index (χ4n) is 3.33. The molecule has 1 N–H and O–H groups in total. The summed E-state index contributed by atoms with van der Waals surface area (Å²) in [5.74, 6) is 1.61. The average molecular weight is 339 g/mol. The molecule has 1 aliphatic rings. The van der Waals surface area contributed by atoms with Gasteiger partial charge in [-0.25, -0.2) is 0 Å². The van der Waals surface area contributed by atoms with Crippen LogP contribution in [0.15, 0.2) is 48.5 Å². The lowest BCUT2D eigenvalue weighted by atomic mass is 9.63. The van der Waals surface area contributed by atoms with Crippen LogP contribution in [0.1, 0.15) is 38.7 Å². The monoisotopic (exact) mass is 339 g/mol.